The maximum atomic E-state index is 11.9. The van der Waals surface area contributed by atoms with Crippen LogP contribution in [0.5, 0.6) is 0 Å². The number of nitrogens with zero attached hydrogens (tertiary/aromatic N) is 2. The largest absolute Gasteiger partial charge is 0.325 e. The number of amides is 1. The normalized spacial score (nSPS) is 11.5. The van der Waals surface area contributed by atoms with Crippen LogP contribution in [0, 0.1) is 0 Å². The van der Waals surface area contributed by atoms with Gasteiger partial charge in [-0.15, -0.1) is 22.6 Å². The maximum absolute atomic E-state index is 11.9. The summed E-state index contributed by atoms with van der Waals surface area (Å²) in [5.41, 5.74) is 8.28. The van der Waals surface area contributed by atoms with Crippen LogP contribution in [0.3, 0.4) is 0 Å². The molecule has 1 aromatic carbocycles. The van der Waals surface area contributed by atoms with Gasteiger partial charge in [-0.2, -0.15) is 11.8 Å². The summed E-state index contributed by atoms with van der Waals surface area (Å²) < 4.78 is 0.894. The smallest absolute Gasteiger partial charge is 0.241 e. The van der Waals surface area contributed by atoms with E-state index in [0.717, 1.165) is 20.7 Å². The fraction of sp³-hybridized carbons (Fsp3) is 0.308. The van der Waals surface area contributed by atoms with E-state index in [1.165, 1.54) is 11.3 Å². The van der Waals surface area contributed by atoms with Crippen LogP contribution in [0.2, 0.25) is 0 Å². The molecule has 5 nitrogen and oxygen atoms in total. The number of rotatable bonds is 7. The Morgan fingerprint density at radius 3 is 2.73 bits per heavy atom. The molecule has 1 atom stereocenters. The summed E-state index contributed by atoms with van der Waals surface area (Å²) in [5.74, 6) is 0.736. The Morgan fingerprint density at radius 2 is 2.14 bits per heavy atom. The molecule has 1 aromatic heterocycles. The summed E-state index contributed by atoms with van der Waals surface area (Å²) in [5, 5.41) is 10.6. The van der Waals surface area contributed by atoms with E-state index in [4.69, 9.17) is 5.73 Å². The number of carbonyl (C=O) groups is 1. The third-order valence-electron chi connectivity index (χ3n) is 2.64. The van der Waals surface area contributed by atoms with Crippen LogP contribution < -0.4 is 11.1 Å². The van der Waals surface area contributed by atoms with Gasteiger partial charge in [0.2, 0.25) is 5.91 Å². The maximum Gasteiger partial charge on any atom is 0.241 e. The van der Waals surface area contributed by atoms with E-state index < -0.39 is 6.04 Å². The van der Waals surface area contributed by atoms with Crippen LogP contribution in [-0.4, -0.2) is 34.2 Å². The molecule has 2 aromatic rings. The highest BCUT2D eigenvalue weighted by atomic mass is 35.5. The van der Waals surface area contributed by atoms with E-state index >= 15 is 0 Å². The highest BCUT2D eigenvalue weighted by Gasteiger charge is 2.12. The number of nitrogens with one attached hydrogen (secondary N) is 1. The highest BCUT2D eigenvalue weighted by Crippen LogP contribution is 2.29. The van der Waals surface area contributed by atoms with Gasteiger partial charge in [0.15, 0.2) is 4.34 Å². The SMILES string of the molecule is CSCC[C@H](N)C(=O)Nc1ccc(Sc2nncs2)cc1.Cl. The van der Waals surface area contributed by atoms with Crippen molar-refractivity contribution in [2.75, 3.05) is 17.3 Å². The predicted octanol–water partition coefficient (Wildman–Crippen LogP) is 3.13. The molecule has 0 unspecified atom stereocenters. The van der Waals surface area contributed by atoms with Gasteiger partial charge < -0.3 is 11.1 Å². The minimum Gasteiger partial charge on any atom is -0.325 e. The zero-order valence-electron chi connectivity index (χ0n) is 11.9. The topological polar surface area (TPSA) is 80.9 Å². The Kier molecular flexibility index (Phi) is 8.81. The Morgan fingerprint density at radius 1 is 1.41 bits per heavy atom. The van der Waals surface area contributed by atoms with Crippen LogP contribution in [0.15, 0.2) is 39.0 Å². The number of thioether (sulfide) groups is 1. The number of hydrogen-bond acceptors (Lipinski definition) is 7. The lowest BCUT2D eigenvalue weighted by Crippen LogP contribution is -2.36. The van der Waals surface area contributed by atoms with Crippen LogP contribution >= 0.6 is 47.3 Å². The average Bonchev–Trinajstić information content (AvgIpc) is 2.99. The van der Waals surface area contributed by atoms with Gasteiger partial charge in [0.25, 0.3) is 0 Å². The summed E-state index contributed by atoms with van der Waals surface area (Å²) in [6.45, 7) is 0. The van der Waals surface area contributed by atoms with E-state index in [1.54, 1.807) is 29.0 Å². The molecule has 0 fully saturated rings. The molecule has 1 amide bonds. The van der Waals surface area contributed by atoms with Crippen molar-refractivity contribution in [2.24, 2.45) is 5.73 Å². The molecule has 22 heavy (non-hydrogen) atoms. The van der Waals surface area contributed by atoms with Crippen molar-refractivity contribution in [2.45, 2.75) is 21.7 Å². The van der Waals surface area contributed by atoms with Crippen molar-refractivity contribution < 1.29 is 4.79 Å². The van der Waals surface area contributed by atoms with Gasteiger partial charge in [-0.25, -0.2) is 0 Å². The molecule has 0 spiro atoms. The summed E-state index contributed by atoms with van der Waals surface area (Å²) in [6.07, 6.45) is 2.68. The lowest BCUT2D eigenvalue weighted by Gasteiger charge is -2.11. The summed E-state index contributed by atoms with van der Waals surface area (Å²) >= 11 is 4.73. The fourth-order valence-corrected chi connectivity index (χ4v) is 3.47. The van der Waals surface area contributed by atoms with Crippen molar-refractivity contribution in [1.29, 1.82) is 0 Å². The summed E-state index contributed by atoms with van der Waals surface area (Å²) in [4.78, 5) is 12.9. The third-order valence-corrected chi connectivity index (χ3v) is 5.07. The Labute approximate surface area is 148 Å². The second-order valence-electron chi connectivity index (χ2n) is 4.21. The molecule has 0 bridgehead atoms. The second-order valence-corrected chi connectivity index (χ2v) is 7.35. The van der Waals surface area contributed by atoms with Crippen molar-refractivity contribution >= 4 is 58.9 Å². The molecular weight excluding hydrogens is 360 g/mol. The van der Waals surface area contributed by atoms with Crippen molar-refractivity contribution in [3.05, 3.63) is 29.8 Å². The molecule has 1 heterocycles. The molecule has 0 aliphatic carbocycles. The number of carbonyl (C=O) groups excluding carboxylic acids is 1. The van der Waals surface area contributed by atoms with E-state index in [-0.39, 0.29) is 18.3 Å². The number of nitrogens with two attached hydrogens (primary N) is 1. The lowest BCUT2D eigenvalue weighted by molar-refractivity contribution is -0.117. The molecule has 3 N–H and O–H groups in total. The van der Waals surface area contributed by atoms with E-state index in [9.17, 15) is 4.79 Å². The van der Waals surface area contributed by atoms with Crippen LogP contribution in [0.4, 0.5) is 5.69 Å². The first-order chi connectivity index (χ1) is 10.2. The molecule has 0 aliphatic rings. The third kappa shape index (κ3) is 6.13. The molecule has 120 valence electrons. The van der Waals surface area contributed by atoms with Gasteiger partial charge >= 0.3 is 0 Å². The Bertz CT molecular complexity index is 565. The number of halogens is 1. The van der Waals surface area contributed by atoms with Crippen LogP contribution in [-0.2, 0) is 4.79 Å². The molecule has 0 radical (unpaired) electrons. The van der Waals surface area contributed by atoms with Gasteiger partial charge in [0.1, 0.15) is 5.51 Å². The molecule has 0 saturated carbocycles. The molecule has 0 saturated heterocycles. The first-order valence-electron chi connectivity index (χ1n) is 6.28. The standard InChI is InChI=1S/C13H16N4OS3.ClH/c1-19-7-6-11(14)12(18)16-9-2-4-10(5-3-9)21-13-17-15-8-20-13;/h2-5,8,11H,6-7,14H2,1H3,(H,16,18);1H/t11-;/m0./s1. The van der Waals surface area contributed by atoms with E-state index in [2.05, 4.69) is 15.5 Å². The number of hydrogen-bond donors (Lipinski definition) is 2. The summed E-state index contributed by atoms with van der Waals surface area (Å²) in [6, 6.07) is 7.14. The first kappa shape index (κ1) is 19.2. The van der Waals surface area contributed by atoms with E-state index in [1.807, 2.05) is 30.5 Å². The number of aromatic nitrogens is 2. The van der Waals surface area contributed by atoms with E-state index in [0.29, 0.717) is 6.42 Å². The Hall–Kier alpha value is -0.800. The van der Waals surface area contributed by atoms with Crippen molar-refractivity contribution in [3.63, 3.8) is 0 Å². The van der Waals surface area contributed by atoms with Gasteiger partial charge in [-0.1, -0.05) is 23.1 Å². The zero-order chi connectivity index (χ0) is 15.1. The minimum atomic E-state index is -0.465. The summed E-state index contributed by atoms with van der Waals surface area (Å²) in [7, 11) is 0. The predicted molar refractivity (Wildman–Crippen MR) is 97.3 cm³/mol. The Balaban J connectivity index is 0.00000242. The van der Waals surface area contributed by atoms with Gasteiger partial charge in [-0.3, -0.25) is 4.79 Å². The molecular formula is C13H17ClN4OS3. The first-order valence-corrected chi connectivity index (χ1v) is 9.37. The van der Waals surface area contributed by atoms with Crippen molar-refractivity contribution in [3.8, 4) is 0 Å². The van der Waals surface area contributed by atoms with Crippen LogP contribution in [0.25, 0.3) is 0 Å². The quantitative estimate of drug-likeness (QED) is 0.772. The zero-order valence-corrected chi connectivity index (χ0v) is 15.2. The molecule has 0 aliphatic heterocycles. The minimum absolute atomic E-state index is 0. The van der Waals surface area contributed by atoms with Crippen LogP contribution in [0.1, 0.15) is 6.42 Å². The number of anilines is 1. The average molecular weight is 377 g/mol. The van der Waals surface area contributed by atoms with Gasteiger partial charge in [0, 0.05) is 10.6 Å². The monoisotopic (exact) mass is 376 g/mol. The lowest BCUT2D eigenvalue weighted by atomic mass is 10.2. The second kappa shape index (κ2) is 10.1. The van der Waals surface area contributed by atoms with Gasteiger partial charge in [0.05, 0.1) is 6.04 Å². The van der Waals surface area contributed by atoms with Gasteiger partial charge in [-0.05, 0) is 42.7 Å². The number of benzene rings is 1. The van der Waals surface area contributed by atoms with Crippen molar-refractivity contribution in [1.82, 2.24) is 10.2 Å². The fourth-order valence-electron chi connectivity index (χ4n) is 1.53. The molecule has 9 heteroatoms. The highest BCUT2D eigenvalue weighted by molar-refractivity contribution is 8.01. The molecule has 2 rings (SSSR count).